The number of carboxylic acids is 1. The molecule has 0 spiro atoms. The van der Waals surface area contributed by atoms with E-state index in [2.05, 4.69) is 9.97 Å². The number of carbonyl (C=O) groups is 1. The maximum atomic E-state index is 11.2. The van der Waals surface area contributed by atoms with Gasteiger partial charge in [-0.05, 0) is 55.8 Å². The lowest BCUT2D eigenvalue weighted by Gasteiger charge is -2.12. The number of benzene rings is 2. The highest BCUT2D eigenvalue weighted by Crippen LogP contribution is 2.32. The lowest BCUT2D eigenvalue weighted by molar-refractivity contribution is -0.138. The van der Waals surface area contributed by atoms with E-state index in [1.165, 1.54) is 0 Å². The van der Waals surface area contributed by atoms with E-state index >= 15 is 0 Å². The number of rotatable bonds is 11. The molecule has 0 aliphatic rings. The molecule has 2 N–H and O–H groups in total. The smallest absolute Gasteiger partial charge is 0.312 e. The van der Waals surface area contributed by atoms with Gasteiger partial charge < -0.3 is 28.7 Å². The molecule has 2 aromatic carbocycles. The van der Waals surface area contributed by atoms with Gasteiger partial charge in [-0.15, -0.1) is 0 Å². The molecule has 4 aromatic rings. The quantitative estimate of drug-likeness (QED) is 0.285. The van der Waals surface area contributed by atoms with Crippen molar-refractivity contribution in [2.24, 2.45) is 0 Å². The third-order valence-electron chi connectivity index (χ3n) is 5.59. The number of oxazole rings is 1. The van der Waals surface area contributed by atoms with Crippen molar-refractivity contribution in [1.29, 1.82) is 0 Å². The molecule has 8 nitrogen and oxygen atoms in total. The number of fused-ring (bicyclic) bond motifs is 1. The average Bonchev–Trinajstić information content (AvgIpc) is 3.50. The van der Waals surface area contributed by atoms with Gasteiger partial charge in [0.25, 0.3) is 0 Å². The van der Waals surface area contributed by atoms with Crippen LogP contribution >= 0.6 is 0 Å². The molecule has 2 aromatic heterocycles. The first-order valence-electron chi connectivity index (χ1n) is 11.2. The number of aliphatic carboxylic acids is 1. The second-order valence-corrected chi connectivity index (χ2v) is 7.95. The molecule has 1 atom stereocenters. The minimum absolute atomic E-state index is 0.460. The molecule has 0 fully saturated rings. The van der Waals surface area contributed by atoms with Gasteiger partial charge in [-0.1, -0.05) is 6.92 Å². The van der Waals surface area contributed by atoms with Gasteiger partial charge >= 0.3 is 5.97 Å². The van der Waals surface area contributed by atoms with Crippen LogP contribution in [0.25, 0.3) is 22.4 Å². The Labute approximate surface area is 197 Å². The number of aryl methyl sites for hydroxylation is 1. The predicted molar refractivity (Wildman–Crippen MR) is 128 cm³/mol. The van der Waals surface area contributed by atoms with Crippen molar-refractivity contribution in [2.75, 3.05) is 20.3 Å². The summed E-state index contributed by atoms with van der Waals surface area (Å²) in [4.78, 5) is 18.8. The first-order valence-corrected chi connectivity index (χ1v) is 11.2. The van der Waals surface area contributed by atoms with Gasteiger partial charge in [-0.3, -0.25) is 4.79 Å². The molecule has 0 aliphatic carbocycles. The van der Waals surface area contributed by atoms with Crippen LogP contribution in [0.5, 0.6) is 17.2 Å². The second-order valence-electron chi connectivity index (χ2n) is 7.95. The summed E-state index contributed by atoms with van der Waals surface area (Å²) in [5, 5.41) is 10.1. The number of aromatic nitrogens is 2. The van der Waals surface area contributed by atoms with E-state index in [4.69, 9.17) is 18.6 Å². The van der Waals surface area contributed by atoms with Crippen LogP contribution in [0.2, 0.25) is 0 Å². The molecule has 4 rings (SSSR count). The summed E-state index contributed by atoms with van der Waals surface area (Å²) in [7, 11) is 1.60. The maximum Gasteiger partial charge on any atom is 0.312 e. The summed E-state index contributed by atoms with van der Waals surface area (Å²) in [5.74, 6) is 1.07. The van der Waals surface area contributed by atoms with Crippen molar-refractivity contribution in [1.82, 2.24) is 9.97 Å². The first-order chi connectivity index (χ1) is 16.5. The Balaban J connectivity index is 1.30. The predicted octanol–water partition coefficient (Wildman–Crippen LogP) is 5.43. The maximum absolute atomic E-state index is 11.2. The molecule has 1 unspecified atom stereocenters. The topological polar surface area (TPSA) is 107 Å². The number of hydrogen-bond acceptors (Lipinski definition) is 6. The number of hydrogen-bond donors (Lipinski definition) is 2. The van der Waals surface area contributed by atoms with Crippen LogP contribution in [0.4, 0.5) is 0 Å². The van der Waals surface area contributed by atoms with E-state index in [0.29, 0.717) is 42.7 Å². The zero-order valence-electron chi connectivity index (χ0n) is 19.5. The molecular formula is C26H28N2O6. The zero-order chi connectivity index (χ0) is 24.1. The van der Waals surface area contributed by atoms with Crippen molar-refractivity contribution in [2.45, 2.75) is 32.6 Å². The summed E-state index contributed by atoms with van der Waals surface area (Å²) in [6.45, 7) is 4.62. The molecule has 0 saturated heterocycles. The molecule has 0 aliphatic heterocycles. The third-order valence-corrected chi connectivity index (χ3v) is 5.59. The number of methoxy groups -OCH3 is 1. The lowest BCUT2D eigenvalue weighted by atomic mass is 10.1. The van der Waals surface area contributed by atoms with Crippen LogP contribution < -0.4 is 14.2 Å². The highest BCUT2D eigenvalue weighted by Gasteiger charge is 2.16. The summed E-state index contributed by atoms with van der Waals surface area (Å²) in [6.07, 6.45) is 3.15. The van der Waals surface area contributed by atoms with Gasteiger partial charge in [0.2, 0.25) is 5.89 Å². The van der Waals surface area contributed by atoms with Gasteiger partial charge in [0.1, 0.15) is 12.0 Å². The SMILES string of the molecule is CCc1coc(-c2ccc(OCCCOc3ccc4[nH]c(C(C)C(=O)O)cc4c3)c(OC)c2)n1. The number of carboxylic acid groups (broad SMARTS) is 1. The van der Waals surface area contributed by atoms with E-state index in [-0.39, 0.29) is 0 Å². The van der Waals surface area contributed by atoms with Crippen LogP contribution in [-0.4, -0.2) is 41.4 Å². The highest BCUT2D eigenvalue weighted by molar-refractivity contribution is 5.84. The van der Waals surface area contributed by atoms with E-state index in [1.807, 2.05) is 49.4 Å². The number of nitrogens with zero attached hydrogens (tertiary/aromatic N) is 1. The fourth-order valence-electron chi connectivity index (χ4n) is 3.54. The molecule has 0 saturated carbocycles. The Morgan fingerprint density at radius 2 is 1.94 bits per heavy atom. The van der Waals surface area contributed by atoms with Crippen LogP contribution in [0, 0.1) is 0 Å². The van der Waals surface area contributed by atoms with Crippen molar-refractivity contribution in [3.63, 3.8) is 0 Å². The van der Waals surface area contributed by atoms with E-state index in [9.17, 15) is 9.90 Å². The molecule has 0 bridgehead atoms. The van der Waals surface area contributed by atoms with Gasteiger partial charge in [0.05, 0.1) is 31.9 Å². The fraction of sp³-hybridized carbons (Fsp3) is 0.308. The molecular weight excluding hydrogens is 436 g/mol. The molecule has 34 heavy (non-hydrogen) atoms. The minimum atomic E-state index is -0.863. The van der Waals surface area contributed by atoms with Gasteiger partial charge in [0, 0.05) is 28.6 Å². The van der Waals surface area contributed by atoms with Crippen molar-refractivity contribution in [3.8, 4) is 28.7 Å². The lowest BCUT2D eigenvalue weighted by Crippen LogP contribution is -2.07. The molecule has 0 amide bonds. The molecule has 0 radical (unpaired) electrons. The van der Waals surface area contributed by atoms with Crippen LogP contribution in [0.1, 0.15) is 37.6 Å². The van der Waals surface area contributed by atoms with Crippen molar-refractivity contribution < 1.29 is 28.5 Å². The van der Waals surface area contributed by atoms with Gasteiger partial charge in [0.15, 0.2) is 11.5 Å². The normalized spacial score (nSPS) is 12.0. The first kappa shape index (κ1) is 23.2. The van der Waals surface area contributed by atoms with Crippen LogP contribution in [0.15, 0.2) is 53.1 Å². The average molecular weight is 465 g/mol. The monoisotopic (exact) mass is 464 g/mol. The molecule has 2 heterocycles. The van der Waals surface area contributed by atoms with Gasteiger partial charge in [-0.25, -0.2) is 4.98 Å². The Kier molecular flexibility index (Phi) is 7.06. The Bertz CT molecular complexity index is 1280. The summed E-state index contributed by atoms with van der Waals surface area (Å²) < 4.78 is 22.8. The van der Waals surface area contributed by atoms with Gasteiger partial charge in [-0.2, -0.15) is 0 Å². The van der Waals surface area contributed by atoms with E-state index < -0.39 is 11.9 Å². The number of H-pyrrole nitrogens is 1. The Morgan fingerprint density at radius 3 is 2.68 bits per heavy atom. The summed E-state index contributed by atoms with van der Waals surface area (Å²) >= 11 is 0. The fourth-order valence-corrected chi connectivity index (χ4v) is 3.54. The number of ether oxygens (including phenoxy) is 3. The van der Waals surface area contributed by atoms with E-state index in [1.54, 1.807) is 20.3 Å². The Hall–Kier alpha value is -3.94. The number of aromatic amines is 1. The van der Waals surface area contributed by atoms with E-state index in [0.717, 1.165) is 34.3 Å². The van der Waals surface area contributed by atoms with Crippen LogP contribution in [0.3, 0.4) is 0 Å². The highest BCUT2D eigenvalue weighted by atomic mass is 16.5. The summed E-state index contributed by atoms with van der Waals surface area (Å²) in [5.41, 5.74) is 3.28. The minimum Gasteiger partial charge on any atom is -0.493 e. The van der Waals surface area contributed by atoms with Crippen molar-refractivity contribution in [3.05, 3.63) is 60.1 Å². The largest absolute Gasteiger partial charge is 0.493 e. The van der Waals surface area contributed by atoms with Crippen molar-refractivity contribution >= 4 is 16.9 Å². The standard InChI is InChI=1S/C26H28N2O6/c1-4-19-15-34-25(27-19)17-6-9-23(24(14-17)31-3)33-11-5-10-32-20-7-8-21-18(12-20)13-22(28-21)16(2)26(29)30/h6-9,12-16,28H,4-5,10-11H2,1-3H3,(H,29,30). The third kappa shape index (κ3) is 5.17. The molecule has 178 valence electrons. The summed E-state index contributed by atoms with van der Waals surface area (Å²) in [6, 6.07) is 13.1. The Morgan fingerprint density at radius 1 is 1.12 bits per heavy atom. The zero-order valence-corrected chi connectivity index (χ0v) is 19.5. The van der Waals surface area contributed by atoms with Crippen LogP contribution in [-0.2, 0) is 11.2 Å². The number of nitrogens with one attached hydrogen (secondary N) is 1. The second kappa shape index (κ2) is 10.3. The molecule has 8 heteroatoms.